The highest BCUT2D eigenvalue weighted by Gasteiger charge is 2.20. The molecule has 0 aliphatic carbocycles. The lowest BCUT2D eigenvalue weighted by molar-refractivity contribution is 0.201. The van der Waals surface area contributed by atoms with Crippen molar-refractivity contribution < 1.29 is 14.3 Å². The number of anilines is 1. The van der Waals surface area contributed by atoms with E-state index in [0.717, 1.165) is 11.2 Å². The Bertz CT molecular complexity index is 998. The van der Waals surface area contributed by atoms with E-state index in [4.69, 9.17) is 11.6 Å². The molecule has 0 atom stereocenters. The summed E-state index contributed by atoms with van der Waals surface area (Å²) < 4.78 is 15.8. The summed E-state index contributed by atoms with van der Waals surface area (Å²) in [6, 6.07) is 9.78. The number of amides is 1. The molecule has 0 aliphatic rings. The SMILES string of the molecule is N#Cc1c(F)c2ccccc2n1CCN(C(=O)O)c1cc(Cl)ncn1. The first-order valence-corrected chi connectivity index (χ1v) is 7.55. The number of fused-ring (bicyclic) bond motifs is 1. The van der Waals surface area contributed by atoms with Gasteiger partial charge in [-0.25, -0.2) is 19.2 Å². The molecule has 3 rings (SSSR count). The number of hydrogen-bond acceptors (Lipinski definition) is 4. The molecule has 0 spiro atoms. The Labute approximate surface area is 146 Å². The summed E-state index contributed by atoms with van der Waals surface area (Å²) in [5, 5.41) is 19.1. The molecule has 0 saturated heterocycles. The quantitative estimate of drug-likeness (QED) is 0.721. The van der Waals surface area contributed by atoms with E-state index in [1.54, 1.807) is 24.3 Å². The van der Waals surface area contributed by atoms with Gasteiger partial charge in [0.25, 0.3) is 0 Å². The number of benzene rings is 1. The van der Waals surface area contributed by atoms with Crippen molar-refractivity contribution >= 4 is 34.4 Å². The van der Waals surface area contributed by atoms with Crippen LogP contribution in [0.5, 0.6) is 0 Å². The van der Waals surface area contributed by atoms with Crippen molar-refractivity contribution in [3.8, 4) is 6.07 Å². The Morgan fingerprint density at radius 3 is 2.84 bits per heavy atom. The molecule has 1 amide bonds. The first-order valence-electron chi connectivity index (χ1n) is 7.17. The van der Waals surface area contributed by atoms with Crippen LogP contribution in [0.25, 0.3) is 10.9 Å². The van der Waals surface area contributed by atoms with Crippen LogP contribution in [0.3, 0.4) is 0 Å². The fraction of sp³-hybridized carbons (Fsp3) is 0.125. The summed E-state index contributed by atoms with van der Waals surface area (Å²) in [5.74, 6) is -0.520. The number of rotatable bonds is 4. The Balaban J connectivity index is 1.96. The van der Waals surface area contributed by atoms with Crippen LogP contribution in [-0.4, -0.2) is 32.3 Å². The van der Waals surface area contributed by atoms with E-state index in [9.17, 15) is 19.6 Å². The van der Waals surface area contributed by atoms with Crippen molar-refractivity contribution in [1.82, 2.24) is 14.5 Å². The highest BCUT2D eigenvalue weighted by atomic mass is 35.5. The van der Waals surface area contributed by atoms with Gasteiger partial charge >= 0.3 is 6.09 Å². The van der Waals surface area contributed by atoms with Crippen LogP contribution in [0.15, 0.2) is 36.7 Å². The van der Waals surface area contributed by atoms with Gasteiger partial charge in [-0.3, -0.25) is 4.90 Å². The van der Waals surface area contributed by atoms with Gasteiger partial charge in [-0.1, -0.05) is 23.7 Å². The van der Waals surface area contributed by atoms with Gasteiger partial charge in [0, 0.05) is 24.5 Å². The van der Waals surface area contributed by atoms with E-state index in [1.165, 1.54) is 10.6 Å². The van der Waals surface area contributed by atoms with Crippen LogP contribution in [-0.2, 0) is 6.54 Å². The number of aromatic nitrogens is 3. The van der Waals surface area contributed by atoms with E-state index < -0.39 is 11.9 Å². The monoisotopic (exact) mass is 359 g/mol. The Kier molecular flexibility index (Phi) is 4.50. The lowest BCUT2D eigenvalue weighted by atomic mass is 10.2. The second kappa shape index (κ2) is 6.75. The van der Waals surface area contributed by atoms with Gasteiger partial charge in [0.05, 0.1) is 5.52 Å². The van der Waals surface area contributed by atoms with E-state index in [2.05, 4.69) is 9.97 Å². The minimum atomic E-state index is -1.25. The molecule has 0 radical (unpaired) electrons. The van der Waals surface area contributed by atoms with Crippen LogP contribution in [0.1, 0.15) is 5.69 Å². The normalized spacial score (nSPS) is 10.6. The van der Waals surface area contributed by atoms with E-state index in [-0.39, 0.29) is 29.8 Å². The standard InChI is InChI=1S/C16H11ClFN5O2/c17-13-7-14(21-9-20-13)23(16(24)25)6-5-22-11-4-2-1-3-10(11)15(18)12(22)8-19/h1-4,7,9H,5-6H2,(H,24,25). The molecular formula is C16H11ClFN5O2. The summed E-state index contributed by atoms with van der Waals surface area (Å²) in [4.78, 5) is 20.1. The summed E-state index contributed by atoms with van der Waals surface area (Å²) in [7, 11) is 0. The maximum Gasteiger partial charge on any atom is 0.413 e. The van der Waals surface area contributed by atoms with Gasteiger partial charge < -0.3 is 9.67 Å². The molecular weight excluding hydrogens is 349 g/mol. The predicted molar refractivity (Wildman–Crippen MR) is 89.0 cm³/mol. The van der Waals surface area contributed by atoms with Crippen LogP contribution < -0.4 is 4.90 Å². The van der Waals surface area contributed by atoms with Crippen LogP contribution >= 0.6 is 11.6 Å². The molecule has 0 unspecified atom stereocenters. The molecule has 0 aliphatic heterocycles. The summed E-state index contributed by atoms with van der Waals surface area (Å²) >= 11 is 5.77. The van der Waals surface area contributed by atoms with Gasteiger partial charge in [-0.2, -0.15) is 5.26 Å². The second-order valence-corrected chi connectivity index (χ2v) is 5.46. The summed E-state index contributed by atoms with van der Waals surface area (Å²) in [6.45, 7) is 0.0245. The molecule has 0 saturated carbocycles. The third kappa shape index (κ3) is 3.09. The largest absolute Gasteiger partial charge is 0.465 e. The molecule has 3 aromatic rings. The summed E-state index contributed by atoms with van der Waals surface area (Å²) in [6.07, 6.45) is -0.0934. The zero-order valence-corrected chi connectivity index (χ0v) is 13.5. The molecule has 2 heterocycles. The molecule has 0 fully saturated rings. The minimum absolute atomic E-state index is 0.0462. The molecule has 25 heavy (non-hydrogen) atoms. The Hall–Kier alpha value is -3.18. The number of para-hydroxylation sites is 1. The van der Waals surface area contributed by atoms with Crippen LogP contribution in [0.2, 0.25) is 5.15 Å². The first kappa shape index (κ1) is 16.7. The number of halogens is 2. The lowest BCUT2D eigenvalue weighted by Gasteiger charge is -2.19. The van der Waals surface area contributed by atoms with Crippen molar-refractivity contribution in [2.75, 3.05) is 11.4 Å². The highest BCUT2D eigenvalue weighted by Crippen LogP contribution is 2.24. The van der Waals surface area contributed by atoms with Crippen LogP contribution in [0, 0.1) is 17.1 Å². The Morgan fingerprint density at radius 2 is 2.16 bits per heavy atom. The first-order chi connectivity index (χ1) is 12.0. The van der Waals surface area contributed by atoms with E-state index in [1.807, 2.05) is 6.07 Å². The molecule has 1 N–H and O–H groups in total. The van der Waals surface area contributed by atoms with Gasteiger partial charge in [0.15, 0.2) is 11.5 Å². The number of carbonyl (C=O) groups is 1. The second-order valence-electron chi connectivity index (χ2n) is 5.08. The third-order valence-corrected chi connectivity index (χ3v) is 3.90. The maximum absolute atomic E-state index is 14.3. The zero-order valence-electron chi connectivity index (χ0n) is 12.7. The fourth-order valence-corrected chi connectivity index (χ4v) is 2.72. The van der Waals surface area contributed by atoms with Gasteiger partial charge in [0.2, 0.25) is 0 Å². The van der Waals surface area contributed by atoms with Crippen molar-refractivity contribution in [3.63, 3.8) is 0 Å². The molecule has 126 valence electrons. The summed E-state index contributed by atoms with van der Waals surface area (Å²) in [5.41, 5.74) is 0.370. The van der Waals surface area contributed by atoms with Crippen molar-refractivity contribution in [1.29, 1.82) is 5.26 Å². The number of carboxylic acid groups (broad SMARTS) is 1. The molecule has 9 heteroatoms. The molecule has 1 aromatic carbocycles. The van der Waals surface area contributed by atoms with Crippen molar-refractivity contribution in [2.24, 2.45) is 0 Å². The van der Waals surface area contributed by atoms with Crippen molar-refractivity contribution in [3.05, 3.63) is 53.3 Å². The fourth-order valence-electron chi connectivity index (χ4n) is 2.58. The lowest BCUT2D eigenvalue weighted by Crippen LogP contribution is -2.33. The predicted octanol–water partition coefficient (Wildman–Crippen LogP) is 3.28. The van der Waals surface area contributed by atoms with E-state index >= 15 is 0 Å². The van der Waals surface area contributed by atoms with Gasteiger partial charge in [-0.15, -0.1) is 0 Å². The number of hydrogen-bond donors (Lipinski definition) is 1. The maximum atomic E-state index is 14.3. The zero-order chi connectivity index (χ0) is 18.0. The van der Waals surface area contributed by atoms with Gasteiger partial charge in [-0.05, 0) is 12.1 Å². The molecule has 2 aromatic heterocycles. The van der Waals surface area contributed by atoms with E-state index in [0.29, 0.717) is 10.9 Å². The topological polar surface area (TPSA) is 95.0 Å². The number of nitrogens with zero attached hydrogens (tertiary/aromatic N) is 5. The molecule has 0 bridgehead atoms. The van der Waals surface area contributed by atoms with Crippen LogP contribution in [0.4, 0.5) is 15.0 Å². The smallest absolute Gasteiger partial charge is 0.413 e. The van der Waals surface area contributed by atoms with Gasteiger partial charge in [0.1, 0.15) is 23.4 Å². The van der Waals surface area contributed by atoms with Crippen molar-refractivity contribution in [2.45, 2.75) is 6.54 Å². The number of nitriles is 1. The average molecular weight is 360 g/mol. The molecule has 7 nitrogen and oxygen atoms in total. The average Bonchev–Trinajstić information content (AvgIpc) is 2.87. The third-order valence-electron chi connectivity index (χ3n) is 3.69. The Morgan fingerprint density at radius 1 is 1.40 bits per heavy atom. The highest BCUT2D eigenvalue weighted by molar-refractivity contribution is 6.29. The minimum Gasteiger partial charge on any atom is -0.465 e.